The van der Waals surface area contributed by atoms with Crippen molar-refractivity contribution < 1.29 is 0 Å². The molecule has 3 aromatic rings. The lowest BCUT2D eigenvalue weighted by molar-refractivity contribution is 1.09. The van der Waals surface area contributed by atoms with Crippen molar-refractivity contribution in [3.63, 3.8) is 0 Å². The number of fused-ring (bicyclic) bond motifs is 1. The van der Waals surface area contributed by atoms with E-state index in [2.05, 4.69) is 59.2 Å². The van der Waals surface area contributed by atoms with E-state index < -0.39 is 0 Å². The van der Waals surface area contributed by atoms with Gasteiger partial charge in [-0.3, -0.25) is 4.40 Å². The highest BCUT2D eigenvalue weighted by atomic mass is 15.0. The van der Waals surface area contributed by atoms with E-state index in [-0.39, 0.29) is 0 Å². The van der Waals surface area contributed by atoms with Gasteiger partial charge < -0.3 is 0 Å². The standard InChI is InChI=1S/C21H22N4.2C2H6/c1-5-15(3)7-8-16(4)20-21(18-9-11-22-14-23-18)25-12-10-17(6-2)13-19(25)24-20;2*1-2/h5,7-14H,4,6H2,1-3H3;2*1-2H3/b8-7-,15-5-;;. The number of imidazole rings is 1. The highest BCUT2D eigenvalue weighted by molar-refractivity contribution is 5.82. The number of pyridine rings is 1. The first-order valence-electron chi connectivity index (χ1n) is 10.4. The summed E-state index contributed by atoms with van der Waals surface area (Å²) < 4.78 is 2.07. The summed E-state index contributed by atoms with van der Waals surface area (Å²) in [6.45, 7) is 18.4. The molecule has 3 rings (SSSR count). The van der Waals surface area contributed by atoms with E-state index in [0.29, 0.717) is 0 Å². The monoisotopic (exact) mass is 390 g/mol. The van der Waals surface area contributed by atoms with Gasteiger partial charge in [-0.2, -0.15) is 0 Å². The molecule has 3 heterocycles. The molecule has 0 amide bonds. The Hall–Kier alpha value is -3.01. The van der Waals surface area contributed by atoms with Gasteiger partial charge in [0.1, 0.15) is 12.0 Å². The Morgan fingerprint density at radius 1 is 1.14 bits per heavy atom. The summed E-state index contributed by atoms with van der Waals surface area (Å²) in [7, 11) is 0. The first kappa shape index (κ1) is 24.0. The van der Waals surface area contributed by atoms with Crippen LogP contribution < -0.4 is 0 Å². The average molecular weight is 391 g/mol. The summed E-state index contributed by atoms with van der Waals surface area (Å²) in [6, 6.07) is 6.13. The maximum Gasteiger partial charge on any atom is 0.138 e. The summed E-state index contributed by atoms with van der Waals surface area (Å²) in [5.41, 5.74) is 6.81. The number of aromatic nitrogens is 4. The molecule has 0 saturated heterocycles. The molecule has 0 fully saturated rings. The van der Waals surface area contributed by atoms with Crippen LogP contribution in [-0.4, -0.2) is 19.4 Å². The summed E-state index contributed by atoms with van der Waals surface area (Å²) >= 11 is 0. The van der Waals surface area contributed by atoms with E-state index in [0.717, 1.165) is 34.7 Å². The molecular formula is C25H34N4. The molecule has 0 atom stereocenters. The zero-order chi connectivity index (χ0) is 21.8. The van der Waals surface area contributed by atoms with Crippen molar-refractivity contribution in [3.8, 4) is 11.4 Å². The number of rotatable bonds is 5. The van der Waals surface area contributed by atoms with Gasteiger partial charge in [-0.25, -0.2) is 15.0 Å². The zero-order valence-electron chi connectivity index (χ0n) is 18.9. The molecule has 0 N–H and O–H groups in total. The number of allylic oxidation sites excluding steroid dienone is 5. The third kappa shape index (κ3) is 5.98. The smallest absolute Gasteiger partial charge is 0.138 e. The number of aryl methyl sites for hydroxylation is 1. The van der Waals surface area contributed by atoms with Crippen molar-refractivity contribution >= 4 is 11.2 Å². The van der Waals surface area contributed by atoms with E-state index in [1.807, 2.05) is 52.8 Å². The van der Waals surface area contributed by atoms with Crippen LogP contribution in [0.2, 0.25) is 0 Å². The lowest BCUT2D eigenvalue weighted by atomic mass is 10.1. The lowest BCUT2D eigenvalue weighted by Gasteiger charge is -2.05. The fourth-order valence-corrected chi connectivity index (χ4v) is 2.61. The van der Waals surface area contributed by atoms with Crippen LogP contribution in [0, 0.1) is 0 Å². The molecule has 3 aromatic heterocycles. The maximum atomic E-state index is 4.83. The molecule has 29 heavy (non-hydrogen) atoms. The minimum atomic E-state index is 0.832. The molecule has 0 spiro atoms. The Morgan fingerprint density at radius 3 is 2.45 bits per heavy atom. The van der Waals surface area contributed by atoms with E-state index in [4.69, 9.17) is 4.98 Å². The second-order valence-corrected chi connectivity index (χ2v) is 5.91. The summed E-state index contributed by atoms with van der Waals surface area (Å²) in [4.78, 5) is 13.3. The van der Waals surface area contributed by atoms with E-state index in [1.165, 1.54) is 11.1 Å². The molecule has 0 aliphatic rings. The van der Waals surface area contributed by atoms with Crippen LogP contribution in [0.5, 0.6) is 0 Å². The fourth-order valence-electron chi connectivity index (χ4n) is 2.61. The van der Waals surface area contributed by atoms with Crippen LogP contribution in [0.4, 0.5) is 0 Å². The highest BCUT2D eigenvalue weighted by Gasteiger charge is 2.16. The topological polar surface area (TPSA) is 43.1 Å². The lowest BCUT2D eigenvalue weighted by Crippen LogP contribution is -1.94. The van der Waals surface area contributed by atoms with Crippen LogP contribution in [-0.2, 0) is 6.42 Å². The molecule has 0 unspecified atom stereocenters. The molecular weight excluding hydrogens is 356 g/mol. The molecule has 0 saturated carbocycles. The van der Waals surface area contributed by atoms with Crippen LogP contribution in [0.1, 0.15) is 59.7 Å². The van der Waals surface area contributed by atoms with Crippen LogP contribution >= 0.6 is 0 Å². The first-order chi connectivity index (χ1) is 14.1. The Labute approximate surface area is 175 Å². The number of hydrogen-bond donors (Lipinski definition) is 0. The van der Waals surface area contributed by atoms with Crippen molar-refractivity contribution in [3.05, 3.63) is 78.6 Å². The van der Waals surface area contributed by atoms with E-state index >= 15 is 0 Å². The molecule has 4 nitrogen and oxygen atoms in total. The Kier molecular flexibility index (Phi) is 10.3. The third-order valence-corrected chi connectivity index (χ3v) is 4.23. The van der Waals surface area contributed by atoms with Gasteiger partial charge in [-0.05, 0) is 49.6 Å². The minimum absolute atomic E-state index is 0.832. The van der Waals surface area contributed by atoms with Crippen LogP contribution in [0.3, 0.4) is 0 Å². The van der Waals surface area contributed by atoms with Gasteiger partial charge in [-0.15, -0.1) is 0 Å². The van der Waals surface area contributed by atoms with Crippen LogP contribution in [0.25, 0.3) is 22.6 Å². The second kappa shape index (κ2) is 12.4. The van der Waals surface area contributed by atoms with Crippen molar-refractivity contribution in [1.82, 2.24) is 19.4 Å². The highest BCUT2D eigenvalue weighted by Crippen LogP contribution is 2.29. The van der Waals surface area contributed by atoms with E-state index in [9.17, 15) is 0 Å². The molecule has 154 valence electrons. The SMILES string of the molecule is C=C(/C=C\C(C)=C/C)c1nc2cc(CC)ccn2c1-c1ccncn1.CC.CC. The largest absolute Gasteiger partial charge is 0.298 e. The van der Waals surface area contributed by atoms with Gasteiger partial charge in [0.2, 0.25) is 0 Å². The van der Waals surface area contributed by atoms with Gasteiger partial charge in [0, 0.05) is 12.4 Å². The number of nitrogens with zero attached hydrogens (tertiary/aromatic N) is 4. The Morgan fingerprint density at radius 2 is 1.86 bits per heavy atom. The van der Waals surface area contributed by atoms with E-state index in [1.54, 1.807) is 12.5 Å². The quantitative estimate of drug-likeness (QED) is 0.443. The maximum absolute atomic E-state index is 4.83. The van der Waals surface area contributed by atoms with Gasteiger partial charge in [0.05, 0.1) is 17.1 Å². The predicted molar refractivity (Wildman–Crippen MR) is 126 cm³/mol. The van der Waals surface area contributed by atoms with Gasteiger partial charge in [0.15, 0.2) is 0 Å². The average Bonchev–Trinajstić information content (AvgIpc) is 3.19. The molecule has 0 radical (unpaired) electrons. The van der Waals surface area contributed by atoms with Gasteiger partial charge in [0.25, 0.3) is 0 Å². The molecule has 0 bridgehead atoms. The Bertz CT molecular complexity index is 963. The molecule has 4 heteroatoms. The number of hydrogen-bond acceptors (Lipinski definition) is 3. The molecule has 0 aliphatic carbocycles. The van der Waals surface area contributed by atoms with Crippen molar-refractivity contribution in [2.75, 3.05) is 0 Å². The van der Waals surface area contributed by atoms with Crippen molar-refractivity contribution in [2.24, 2.45) is 0 Å². The predicted octanol–water partition coefficient (Wildman–Crippen LogP) is 6.94. The van der Waals surface area contributed by atoms with Crippen LogP contribution in [0.15, 0.2) is 67.3 Å². The van der Waals surface area contributed by atoms with Gasteiger partial charge in [-0.1, -0.05) is 65.0 Å². The molecule has 0 aliphatic heterocycles. The second-order valence-electron chi connectivity index (χ2n) is 5.91. The zero-order valence-corrected chi connectivity index (χ0v) is 18.9. The summed E-state index contributed by atoms with van der Waals surface area (Å²) in [6.07, 6.45) is 12.4. The third-order valence-electron chi connectivity index (χ3n) is 4.23. The normalized spacial score (nSPS) is 10.9. The van der Waals surface area contributed by atoms with Gasteiger partial charge >= 0.3 is 0 Å². The van der Waals surface area contributed by atoms with Crippen molar-refractivity contribution in [2.45, 2.75) is 54.9 Å². The summed E-state index contributed by atoms with van der Waals surface area (Å²) in [5.74, 6) is 0. The Balaban J connectivity index is 0.000000989. The minimum Gasteiger partial charge on any atom is -0.298 e. The molecule has 0 aromatic carbocycles. The first-order valence-corrected chi connectivity index (χ1v) is 10.4. The fraction of sp³-hybridized carbons (Fsp3) is 0.320. The summed E-state index contributed by atoms with van der Waals surface area (Å²) in [5, 5.41) is 0. The van der Waals surface area contributed by atoms with Crippen molar-refractivity contribution in [1.29, 1.82) is 0 Å².